The summed E-state index contributed by atoms with van der Waals surface area (Å²) in [5.41, 5.74) is 4.04. The second-order valence-electron chi connectivity index (χ2n) is 10.6. The van der Waals surface area contributed by atoms with Gasteiger partial charge >= 0.3 is 0 Å². The molecule has 41 heavy (non-hydrogen) atoms. The first-order valence-electron chi connectivity index (χ1n) is 13.5. The molecule has 3 N–H and O–H groups in total. The molecule has 3 atom stereocenters. The maximum Gasteiger partial charge on any atom is 0.134 e. The van der Waals surface area contributed by atoms with Crippen LogP contribution in [-0.4, -0.2) is 56.0 Å². The minimum atomic E-state index is -1.05. The van der Waals surface area contributed by atoms with Gasteiger partial charge < -0.3 is 43.7 Å². The third kappa shape index (κ3) is 4.02. The number of methoxy groups -OCH3 is 4. The quantitative estimate of drug-likeness (QED) is 0.289. The van der Waals surface area contributed by atoms with Crippen LogP contribution in [0.3, 0.4) is 0 Å². The lowest BCUT2D eigenvalue weighted by atomic mass is 9.78. The number of fused-ring (bicyclic) bond motifs is 4. The Kier molecular flexibility index (Phi) is 6.76. The molecular formula is C32H34O9. The van der Waals surface area contributed by atoms with Gasteiger partial charge in [-0.2, -0.15) is 0 Å². The molecule has 0 radical (unpaired) electrons. The standard InChI is InChI=1S/C32H34O9/c1-14-7-18-21(12-40-14)31(34)26-19(8-16(36-3)10-23(26)38-5)25(18)28-20-9-17(37-4)11-24(39-6)27(20)32(35)22-13-41-15(2)30(33)29(22)28/h8-11,14-15,30,33-35H,7,12-13H2,1-6H3/t14-,15+,30+/m0/s1. The summed E-state index contributed by atoms with van der Waals surface area (Å²) in [6.45, 7) is 4.09. The largest absolute Gasteiger partial charge is 0.507 e. The first-order chi connectivity index (χ1) is 19.7. The third-order valence-corrected chi connectivity index (χ3v) is 8.39. The minimum Gasteiger partial charge on any atom is -0.507 e. The van der Waals surface area contributed by atoms with Crippen LogP contribution in [0.5, 0.6) is 34.5 Å². The van der Waals surface area contributed by atoms with Crippen molar-refractivity contribution in [2.45, 2.75) is 51.8 Å². The van der Waals surface area contributed by atoms with E-state index in [9.17, 15) is 15.3 Å². The van der Waals surface area contributed by atoms with Crippen molar-refractivity contribution in [2.24, 2.45) is 0 Å². The lowest BCUT2D eigenvalue weighted by molar-refractivity contribution is -0.0527. The summed E-state index contributed by atoms with van der Waals surface area (Å²) in [7, 11) is 6.22. The highest BCUT2D eigenvalue weighted by Gasteiger charge is 2.37. The maximum atomic E-state index is 11.7. The van der Waals surface area contributed by atoms with Gasteiger partial charge in [0.2, 0.25) is 0 Å². The monoisotopic (exact) mass is 562 g/mol. The van der Waals surface area contributed by atoms with Crippen molar-refractivity contribution in [2.75, 3.05) is 28.4 Å². The zero-order chi connectivity index (χ0) is 29.2. The number of hydrogen-bond acceptors (Lipinski definition) is 9. The average molecular weight is 563 g/mol. The van der Waals surface area contributed by atoms with E-state index in [-0.39, 0.29) is 30.8 Å². The molecule has 0 amide bonds. The van der Waals surface area contributed by atoms with Crippen molar-refractivity contribution in [1.82, 2.24) is 0 Å². The van der Waals surface area contributed by atoms with Crippen LogP contribution >= 0.6 is 0 Å². The summed E-state index contributed by atoms with van der Waals surface area (Å²) >= 11 is 0. The fraction of sp³-hybridized carbons (Fsp3) is 0.375. The van der Waals surface area contributed by atoms with Gasteiger partial charge in [-0.3, -0.25) is 0 Å². The molecule has 4 aromatic rings. The molecule has 0 saturated carbocycles. The van der Waals surface area contributed by atoms with Crippen LogP contribution in [0.2, 0.25) is 0 Å². The Morgan fingerprint density at radius 3 is 1.78 bits per heavy atom. The molecule has 6 rings (SSSR count). The van der Waals surface area contributed by atoms with Crippen molar-refractivity contribution >= 4 is 21.5 Å². The molecule has 0 spiro atoms. The van der Waals surface area contributed by atoms with E-state index in [1.807, 2.05) is 19.1 Å². The van der Waals surface area contributed by atoms with Crippen LogP contribution in [0.1, 0.15) is 42.2 Å². The SMILES string of the molecule is COc1cc(OC)c2c(O)c3c(c(-c4c5c(c(O)c6c(OC)cc(OC)cc46)CO[C@H](C)[C@H]5O)c2c1)C[C@H](C)OC3. The van der Waals surface area contributed by atoms with Crippen LogP contribution in [0, 0.1) is 0 Å². The van der Waals surface area contributed by atoms with Crippen molar-refractivity contribution < 1.29 is 43.7 Å². The summed E-state index contributed by atoms with van der Waals surface area (Å²) in [6, 6.07) is 7.15. The highest BCUT2D eigenvalue weighted by molar-refractivity contribution is 6.15. The maximum absolute atomic E-state index is 11.7. The van der Waals surface area contributed by atoms with E-state index in [2.05, 4.69) is 0 Å². The lowest BCUT2D eigenvalue weighted by Crippen LogP contribution is -2.27. The van der Waals surface area contributed by atoms with Gasteiger partial charge in [0.1, 0.15) is 40.6 Å². The molecule has 2 heterocycles. The van der Waals surface area contributed by atoms with Crippen LogP contribution in [0.15, 0.2) is 24.3 Å². The zero-order valence-electron chi connectivity index (χ0n) is 24.0. The number of rotatable bonds is 5. The van der Waals surface area contributed by atoms with E-state index in [0.29, 0.717) is 73.2 Å². The molecule has 0 fully saturated rings. The fourth-order valence-corrected chi connectivity index (χ4v) is 6.32. The molecule has 2 aliphatic rings. The summed E-state index contributed by atoms with van der Waals surface area (Å²) < 4.78 is 34.7. The van der Waals surface area contributed by atoms with Crippen molar-refractivity contribution in [3.63, 3.8) is 0 Å². The second kappa shape index (κ2) is 10.2. The number of phenolic OH excluding ortho intramolecular Hbond substituents is 2. The summed E-state index contributed by atoms with van der Waals surface area (Å²) in [6.07, 6.45) is -1.20. The van der Waals surface area contributed by atoms with E-state index < -0.39 is 12.2 Å². The van der Waals surface area contributed by atoms with Gasteiger partial charge in [0, 0.05) is 39.6 Å². The molecule has 2 aliphatic heterocycles. The van der Waals surface area contributed by atoms with Gasteiger partial charge in [0.15, 0.2) is 0 Å². The van der Waals surface area contributed by atoms with Crippen molar-refractivity contribution in [3.05, 3.63) is 46.5 Å². The second-order valence-corrected chi connectivity index (χ2v) is 10.6. The molecule has 0 unspecified atom stereocenters. The van der Waals surface area contributed by atoms with Gasteiger partial charge in [-0.05, 0) is 49.1 Å². The molecule has 216 valence electrons. The number of benzene rings is 4. The smallest absolute Gasteiger partial charge is 0.134 e. The molecular weight excluding hydrogens is 528 g/mol. The minimum absolute atomic E-state index is 0.0204. The van der Waals surface area contributed by atoms with Crippen molar-refractivity contribution in [1.29, 1.82) is 0 Å². The van der Waals surface area contributed by atoms with E-state index in [0.717, 1.165) is 11.1 Å². The fourth-order valence-electron chi connectivity index (χ4n) is 6.32. The van der Waals surface area contributed by atoms with E-state index in [1.54, 1.807) is 40.4 Å². The first-order valence-corrected chi connectivity index (χ1v) is 13.5. The molecule has 4 aromatic carbocycles. The van der Waals surface area contributed by atoms with Gasteiger partial charge in [0.25, 0.3) is 0 Å². The van der Waals surface area contributed by atoms with Crippen LogP contribution in [0.25, 0.3) is 32.7 Å². The summed E-state index contributed by atoms with van der Waals surface area (Å²) in [4.78, 5) is 0. The van der Waals surface area contributed by atoms with Crippen LogP contribution in [-0.2, 0) is 29.1 Å². The van der Waals surface area contributed by atoms with Crippen molar-refractivity contribution in [3.8, 4) is 45.6 Å². The predicted molar refractivity (Wildman–Crippen MR) is 154 cm³/mol. The Morgan fingerprint density at radius 2 is 1.22 bits per heavy atom. The zero-order valence-corrected chi connectivity index (χ0v) is 24.0. The van der Waals surface area contributed by atoms with Gasteiger partial charge in [-0.15, -0.1) is 0 Å². The first kappa shape index (κ1) is 27.3. The van der Waals surface area contributed by atoms with Gasteiger partial charge in [0.05, 0.1) is 64.6 Å². The molecule has 0 aliphatic carbocycles. The molecule has 0 bridgehead atoms. The molecule has 0 aromatic heterocycles. The van der Waals surface area contributed by atoms with E-state index in [4.69, 9.17) is 28.4 Å². The summed E-state index contributed by atoms with van der Waals surface area (Å²) in [5, 5.41) is 37.2. The number of ether oxygens (including phenoxy) is 6. The Hall–Kier alpha value is -3.92. The predicted octanol–water partition coefficient (Wildman–Crippen LogP) is 5.52. The third-order valence-electron chi connectivity index (χ3n) is 8.39. The highest BCUT2D eigenvalue weighted by atomic mass is 16.5. The average Bonchev–Trinajstić information content (AvgIpc) is 2.98. The van der Waals surface area contributed by atoms with E-state index in [1.165, 1.54) is 7.11 Å². The highest BCUT2D eigenvalue weighted by Crippen LogP contribution is 2.55. The van der Waals surface area contributed by atoms with E-state index >= 15 is 0 Å². The number of aliphatic hydroxyl groups excluding tert-OH is 1. The Labute approximate surface area is 237 Å². The Balaban J connectivity index is 1.92. The summed E-state index contributed by atoms with van der Waals surface area (Å²) in [5.74, 6) is 1.97. The Morgan fingerprint density at radius 1 is 0.683 bits per heavy atom. The number of phenols is 2. The van der Waals surface area contributed by atoms with Crippen LogP contribution in [0.4, 0.5) is 0 Å². The number of hydrogen-bond donors (Lipinski definition) is 3. The van der Waals surface area contributed by atoms with Gasteiger partial charge in [-0.1, -0.05) is 0 Å². The topological polar surface area (TPSA) is 116 Å². The lowest BCUT2D eigenvalue weighted by Gasteiger charge is -2.34. The molecule has 9 heteroatoms. The molecule has 9 nitrogen and oxygen atoms in total. The van der Waals surface area contributed by atoms with Crippen LogP contribution < -0.4 is 18.9 Å². The number of aromatic hydroxyl groups is 2. The normalized spacial score (nSPS) is 20.0. The van der Waals surface area contributed by atoms with Gasteiger partial charge in [-0.25, -0.2) is 0 Å². The number of aliphatic hydroxyl groups is 1. The molecule has 0 saturated heterocycles. The Bertz CT molecular complexity index is 1690.